The second-order valence-electron chi connectivity index (χ2n) is 4.83. The largest absolute Gasteiger partial charge is 0.496 e. The zero-order valence-corrected chi connectivity index (χ0v) is 12.3. The highest BCUT2D eigenvalue weighted by Crippen LogP contribution is 2.28. The van der Waals surface area contributed by atoms with Crippen molar-refractivity contribution in [2.24, 2.45) is 11.5 Å². The van der Waals surface area contributed by atoms with E-state index in [9.17, 15) is 0 Å². The van der Waals surface area contributed by atoms with Gasteiger partial charge in [-0.2, -0.15) is 0 Å². The zero-order chi connectivity index (χ0) is 14.4. The van der Waals surface area contributed by atoms with Gasteiger partial charge in [-0.15, -0.1) is 0 Å². The van der Waals surface area contributed by atoms with Crippen molar-refractivity contribution in [1.29, 1.82) is 0 Å². The first kappa shape index (κ1) is 15.8. The van der Waals surface area contributed by atoms with Crippen molar-refractivity contribution in [3.63, 3.8) is 0 Å². The van der Waals surface area contributed by atoms with Gasteiger partial charge in [0.15, 0.2) is 0 Å². The van der Waals surface area contributed by atoms with Gasteiger partial charge in [0.1, 0.15) is 11.5 Å². The summed E-state index contributed by atoms with van der Waals surface area (Å²) in [6.07, 6.45) is 0. The quantitative estimate of drug-likeness (QED) is 0.762. The van der Waals surface area contributed by atoms with E-state index in [0.717, 1.165) is 35.7 Å². The van der Waals surface area contributed by atoms with E-state index in [0.29, 0.717) is 6.54 Å². The van der Waals surface area contributed by atoms with Gasteiger partial charge in [-0.1, -0.05) is 0 Å². The van der Waals surface area contributed by atoms with Crippen molar-refractivity contribution < 1.29 is 9.47 Å². The van der Waals surface area contributed by atoms with Crippen LogP contribution in [0.3, 0.4) is 0 Å². The third-order valence-electron chi connectivity index (χ3n) is 3.09. The van der Waals surface area contributed by atoms with Gasteiger partial charge < -0.3 is 25.8 Å². The maximum absolute atomic E-state index is 5.86. The molecule has 108 valence electrons. The molecule has 0 heterocycles. The standard InChI is InChI=1S/C14H25N3O2/c1-10-5-14(19-4)11(6-13(10)18-3)8-17(2)9-12(16)7-15/h5-6,12H,7-9,15-16H2,1-4H3. The van der Waals surface area contributed by atoms with E-state index in [1.165, 1.54) is 0 Å². The Labute approximate surface area is 115 Å². The molecule has 0 saturated heterocycles. The van der Waals surface area contributed by atoms with E-state index >= 15 is 0 Å². The van der Waals surface area contributed by atoms with Crippen molar-refractivity contribution in [3.8, 4) is 11.5 Å². The van der Waals surface area contributed by atoms with Crippen LogP contribution in [0.2, 0.25) is 0 Å². The molecule has 1 unspecified atom stereocenters. The minimum atomic E-state index is -0.0108. The Balaban J connectivity index is 2.86. The lowest BCUT2D eigenvalue weighted by atomic mass is 10.1. The lowest BCUT2D eigenvalue weighted by molar-refractivity contribution is 0.297. The molecule has 0 aliphatic carbocycles. The minimum absolute atomic E-state index is 0.0108. The smallest absolute Gasteiger partial charge is 0.123 e. The van der Waals surface area contributed by atoms with Crippen LogP contribution >= 0.6 is 0 Å². The Morgan fingerprint density at radius 1 is 1.21 bits per heavy atom. The number of benzene rings is 1. The molecule has 0 saturated carbocycles. The van der Waals surface area contributed by atoms with Gasteiger partial charge >= 0.3 is 0 Å². The molecule has 19 heavy (non-hydrogen) atoms. The van der Waals surface area contributed by atoms with Crippen molar-refractivity contribution >= 4 is 0 Å². The predicted octanol–water partition coefficient (Wildman–Crippen LogP) is 0.730. The van der Waals surface area contributed by atoms with Crippen molar-refractivity contribution in [1.82, 2.24) is 4.90 Å². The molecule has 1 aromatic carbocycles. The average molecular weight is 267 g/mol. The molecule has 4 N–H and O–H groups in total. The molecule has 1 atom stereocenters. The van der Waals surface area contributed by atoms with E-state index in [2.05, 4.69) is 4.90 Å². The maximum Gasteiger partial charge on any atom is 0.123 e. The van der Waals surface area contributed by atoms with Gasteiger partial charge in [0.25, 0.3) is 0 Å². The monoisotopic (exact) mass is 267 g/mol. The molecule has 0 radical (unpaired) electrons. The van der Waals surface area contributed by atoms with Gasteiger partial charge in [0.2, 0.25) is 0 Å². The summed E-state index contributed by atoms with van der Waals surface area (Å²) in [5.74, 6) is 1.73. The third-order valence-corrected chi connectivity index (χ3v) is 3.09. The summed E-state index contributed by atoms with van der Waals surface area (Å²) in [6, 6.07) is 3.99. The molecule has 5 heteroatoms. The molecule has 0 aliphatic heterocycles. The highest BCUT2D eigenvalue weighted by Gasteiger charge is 2.12. The molecule has 0 amide bonds. The van der Waals surface area contributed by atoms with Crippen LogP contribution in [0.4, 0.5) is 0 Å². The van der Waals surface area contributed by atoms with Crippen LogP contribution in [0.5, 0.6) is 11.5 Å². The zero-order valence-electron chi connectivity index (χ0n) is 12.3. The lowest BCUT2D eigenvalue weighted by Crippen LogP contribution is -2.40. The molecular formula is C14H25N3O2. The second kappa shape index (κ2) is 7.33. The number of rotatable bonds is 7. The first-order valence-corrected chi connectivity index (χ1v) is 6.37. The van der Waals surface area contributed by atoms with Crippen LogP contribution in [0.1, 0.15) is 11.1 Å². The van der Waals surface area contributed by atoms with Crippen molar-refractivity contribution in [2.75, 3.05) is 34.4 Å². The van der Waals surface area contributed by atoms with Crippen LogP contribution < -0.4 is 20.9 Å². The van der Waals surface area contributed by atoms with Crippen LogP contribution in [-0.2, 0) is 6.54 Å². The number of hydrogen-bond donors (Lipinski definition) is 2. The Morgan fingerprint density at radius 3 is 2.37 bits per heavy atom. The Bertz CT molecular complexity index is 410. The number of methoxy groups -OCH3 is 2. The number of ether oxygens (including phenoxy) is 2. The first-order valence-electron chi connectivity index (χ1n) is 6.37. The van der Waals surface area contributed by atoms with Crippen LogP contribution in [0, 0.1) is 6.92 Å². The Kier molecular flexibility index (Phi) is 6.08. The highest BCUT2D eigenvalue weighted by molar-refractivity contribution is 5.45. The number of hydrogen-bond acceptors (Lipinski definition) is 5. The molecule has 0 bridgehead atoms. The maximum atomic E-state index is 5.86. The van der Waals surface area contributed by atoms with Crippen molar-refractivity contribution in [3.05, 3.63) is 23.3 Å². The Hall–Kier alpha value is -1.30. The molecule has 0 fully saturated rings. The first-order chi connectivity index (χ1) is 9.01. The van der Waals surface area contributed by atoms with Crippen LogP contribution in [0.25, 0.3) is 0 Å². The molecule has 1 rings (SSSR count). The fourth-order valence-corrected chi connectivity index (χ4v) is 2.07. The molecule has 1 aromatic rings. The number of nitrogens with two attached hydrogens (primary N) is 2. The van der Waals surface area contributed by atoms with Gasteiger partial charge in [-0.05, 0) is 31.7 Å². The minimum Gasteiger partial charge on any atom is -0.496 e. The predicted molar refractivity (Wildman–Crippen MR) is 77.6 cm³/mol. The Morgan fingerprint density at radius 2 is 1.84 bits per heavy atom. The summed E-state index contributed by atoms with van der Waals surface area (Å²) >= 11 is 0. The average Bonchev–Trinajstić information content (AvgIpc) is 2.39. The van der Waals surface area contributed by atoms with E-state index in [-0.39, 0.29) is 6.04 Å². The summed E-state index contributed by atoms with van der Waals surface area (Å²) in [4.78, 5) is 2.13. The molecular weight excluding hydrogens is 242 g/mol. The molecule has 0 aliphatic rings. The summed E-state index contributed by atoms with van der Waals surface area (Å²) in [7, 11) is 5.37. The number of aryl methyl sites for hydroxylation is 1. The van der Waals surface area contributed by atoms with Crippen LogP contribution in [-0.4, -0.2) is 45.3 Å². The third kappa shape index (κ3) is 4.38. The molecule has 0 aromatic heterocycles. The van der Waals surface area contributed by atoms with E-state index in [1.807, 2.05) is 26.1 Å². The van der Waals surface area contributed by atoms with Crippen molar-refractivity contribution in [2.45, 2.75) is 19.5 Å². The highest BCUT2D eigenvalue weighted by atomic mass is 16.5. The fourth-order valence-electron chi connectivity index (χ4n) is 2.07. The summed E-state index contributed by atoms with van der Waals surface area (Å²) < 4.78 is 10.8. The topological polar surface area (TPSA) is 73.7 Å². The summed E-state index contributed by atoms with van der Waals surface area (Å²) in [5.41, 5.74) is 13.5. The van der Waals surface area contributed by atoms with E-state index in [4.69, 9.17) is 20.9 Å². The SMILES string of the molecule is COc1cc(CN(C)CC(N)CN)c(OC)cc1C. The number of nitrogens with zero attached hydrogens (tertiary/aromatic N) is 1. The van der Waals surface area contributed by atoms with Crippen LogP contribution in [0.15, 0.2) is 12.1 Å². The van der Waals surface area contributed by atoms with Gasteiger partial charge in [-0.25, -0.2) is 0 Å². The van der Waals surface area contributed by atoms with Gasteiger partial charge in [-0.3, -0.25) is 0 Å². The molecule has 0 spiro atoms. The second-order valence-corrected chi connectivity index (χ2v) is 4.83. The normalized spacial score (nSPS) is 12.6. The van der Waals surface area contributed by atoms with E-state index < -0.39 is 0 Å². The summed E-state index contributed by atoms with van der Waals surface area (Å²) in [5, 5.41) is 0. The summed E-state index contributed by atoms with van der Waals surface area (Å²) in [6.45, 7) is 3.97. The lowest BCUT2D eigenvalue weighted by Gasteiger charge is -2.22. The fraction of sp³-hybridized carbons (Fsp3) is 0.571. The molecule has 5 nitrogen and oxygen atoms in total. The van der Waals surface area contributed by atoms with Gasteiger partial charge in [0, 0.05) is 31.2 Å². The van der Waals surface area contributed by atoms with E-state index in [1.54, 1.807) is 14.2 Å². The number of likely N-dealkylation sites (N-methyl/N-ethyl adjacent to an activating group) is 1. The van der Waals surface area contributed by atoms with Gasteiger partial charge in [0.05, 0.1) is 14.2 Å².